The van der Waals surface area contributed by atoms with Gasteiger partial charge in [0, 0.05) is 34.2 Å². The van der Waals surface area contributed by atoms with E-state index in [0.29, 0.717) is 17.4 Å². The van der Waals surface area contributed by atoms with E-state index < -0.39 is 0 Å². The molecule has 6 nitrogen and oxygen atoms in total. The molecule has 2 aromatic heterocycles. The van der Waals surface area contributed by atoms with E-state index in [2.05, 4.69) is 26.2 Å². The molecular weight excluding hydrogens is 408 g/mol. The Morgan fingerprint density at radius 3 is 2.48 bits per heavy atom. The van der Waals surface area contributed by atoms with E-state index in [-0.39, 0.29) is 0 Å². The smallest absolute Gasteiger partial charge is 0.213 e. The number of halogens is 1. The summed E-state index contributed by atoms with van der Waals surface area (Å²) in [5, 5.41) is 3.36. The normalized spacial score (nSPS) is 10.8. The summed E-state index contributed by atoms with van der Waals surface area (Å²) >= 11 is 3.45. The van der Waals surface area contributed by atoms with Crippen LogP contribution in [0.3, 0.4) is 0 Å². The Morgan fingerprint density at radius 1 is 0.963 bits per heavy atom. The van der Waals surface area contributed by atoms with Gasteiger partial charge >= 0.3 is 0 Å². The van der Waals surface area contributed by atoms with Crippen molar-refractivity contribution in [3.05, 3.63) is 65.4 Å². The number of hydrogen-bond acceptors (Lipinski definition) is 5. The molecule has 4 rings (SSSR count). The first-order chi connectivity index (χ1) is 13.2. The summed E-state index contributed by atoms with van der Waals surface area (Å²) in [4.78, 5) is 9.21. The fourth-order valence-electron chi connectivity index (χ4n) is 2.82. The van der Waals surface area contributed by atoms with Crippen molar-refractivity contribution in [2.24, 2.45) is 0 Å². The molecule has 0 radical (unpaired) electrons. The lowest BCUT2D eigenvalue weighted by Gasteiger charge is -2.12. The Kier molecular flexibility index (Phi) is 4.68. The molecular formula is C20H17BrN4O2. The summed E-state index contributed by atoms with van der Waals surface area (Å²) in [5.74, 6) is 2.01. The standard InChI is InChI=1S/C20H17BrN4O2/c1-26-17-8-3-13(11-18(17)27-2)16-12-19-22-9-10-25(19)20(24-16)23-15-6-4-14(21)5-7-15/h3-12H,1-2H3,(H,23,24). The highest BCUT2D eigenvalue weighted by molar-refractivity contribution is 9.10. The molecule has 0 saturated heterocycles. The van der Waals surface area contributed by atoms with E-state index in [1.165, 1.54) is 0 Å². The SMILES string of the molecule is COc1ccc(-c2cc3nccn3c(Nc3ccc(Br)cc3)n2)cc1OC. The molecule has 2 aromatic carbocycles. The van der Waals surface area contributed by atoms with Gasteiger partial charge in [-0.2, -0.15) is 0 Å². The van der Waals surface area contributed by atoms with E-state index in [1.807, 2.05) is 59.1 Å². The Balaban J connectivity index is 1.79. The highest BCUT2D eigenvalue weighted by atomic mass is 79.9. The molecule has 0 fully saturated rings. The first kappa shape index (κ1) is 17.4. The third-order valence-corrected chi connectivity index (χ3v) is 4.70. The van der Waals surface area contributed by atoms with Crippen molar-refractivity contribution in [1.29, 1.82) is 0 Å². The molecule has 136 valence electrons. The maximum atomic E-state index is 5.41. The number of hydrogen-bond donors (Lipinski definition) is 1. The van der Waals surface area contributed by atoms with E-state index in [9.17, 15) is 0 Å². The highest BCUT2D eigenvalue weighted by Crippen LogP contribution is 2.32. The first-order valence-corrected chi connectivity index (χ1v) is 9.06. The summed E-state index contributed by atoms with van der Waals surface area (Å²) in [6, 6.07) is 15.6. The van der Waals surface area contributed by atoms with Crippen molar-refractivity contribution in [1.82, 2.24) is 14.4 Å². The average molecular weight is 425 g/mol. The predicted molar refractivity (Wildman–Crippen MR) is 109 cm³/mol. The third-order valence-electron chi connectivity index (χ3n) is 4.17. The van der Waals surface area contributed by atoms with Crippen LogP contribution in [0, 0.1) is 0 Å². The van der Waals surface area contributed by atoms with Crippen molar-refractivity contribution < 1.29 is 9.47 Å². The summed E-state index contributed by atoms with van der Waals surface area (Å²) in [7, 11) is 3.24. The lowest BCUT2D eigenvalue weighted by molar-refractivity contribution is 0.355. The molecule has 0 amide bonds. The quantitative estimate of drug-likeness (QED) is 0.492. The molecule has 0 spiro atoms. The van der Waals surface area contributed by atoms with Gasteiger partial charge in [-0.3, -0.25) is 4.40 Å². The van der Waals surface area contributed by atoms with Crippen LogP contribution < -0.4 is 14.8 Å². The van der Waals surface area contributed by atoms with E-state index in [1.54, 1.807) is 20.4 Å². The number of aromatic nitrogens is 3. The van der Waals surface area contributed by atoms with Gasteiger partial charge in [-0.25, -0.2) is 9.97 Å². The van der Waals surface area contributed by atoms with Crippen molar-refractivity contribution in [3.63, 3.8) is 0 Å². The minimum atomic E-state index is 0.655. The number of ether oxygens (including phenoxy) is 2. The van der Waals surface area contributed by atoms with Crippen molar-refractivity contribution in [2.75, 3.05) is 19.5 Å². The molecule has 1 N–H and O–H groups in total. The van der Waals surface area contributed by atoms with E-state index >= 15 is 0 Å². The number of anilines is 2. The van der Waals surface area contributed by atoms with Gasteiger partial charge in [0.15, 0.2) is 11.5 Å². The van der Waals surface area contributed by atoms with Gasteiger partial charge in [0.25, 0.3) is 0 Å². The van der Waals surface area contributed by atoms with Crippen molar-refractivity contribution in [3.8, 4) is 22.8 Å². The fourth-order valence-corrected chi connectivity index (χ4v) is 3.08. The average Bonchev–Trinajstić information content (AvgIpc) is 3.18. The topological polar surface area (TPSA) is 60.7 Å². The van der Waals surface area contributed by atoms with Crippen LogP contribution in [0.1, 0.15) is 0 Å². The van der Waals surface area contributed by atoms with E-state index in [4.69, 9.17) is 14.5 Å². The zero-order valence-corrected chi connectivity index (χ0v) is 16.4. The molecule has 7 heteroatoms. The third kappa shape index (κ3) is 3.46. The zero-order chi connectivity index (χ0) is 18.8. The largest absolute Gasteiger partial charge is 0.493 e. The molecule has 0 aliphatic heterocycles. The molecule has 27 heavy (non-hydrogen) atoms. The number of methoxy groups -OCH3 is 2. The Morgan fingerprint density at radius 2 is 1.74 bits per heavy atom. The van der Waals surface area contributed by atoms with E-state index in [0.717, 1.165) is 27.1 Å². The molecule has 0 bridgehead atoms. The Hall–Kier alpha value is -3.06. The lowest BCUT2D eigenvalue weighted by Crippen LogP contribution is -2.02. The van der Waals surface area contributed by atoms with Crippen LogP contribution in [0.4, 0.5) is 11.6 Å². The number of fused-ring (bicyclic) bond motifs is 1. The van der Waals surface area contributed by atoms with Gasteiger partial charge < -0.3 is 14.8 Å². The number of nitrogens with zero attached hydrogens (tertiary/aromatic N) is 3. The van der Waals surface area contributed by atoms with Gasteiger partial charge in [-0.05, 0) is 42.5 Å². The number of nitrogens with one attached hydrogen (secondary N) is 1. The van der Waals surface area contributed by atoms with Crippen LogP contribution in [0.25, 0.3) is 16.9 Å². The van der Waals surface area contributed by atoms with Crippen LogP contribution >= 0.6 is 15.9 Å². The monoisotopic (exact) mass is 424 g/mol. The zero-order valence-electron chi connectivity index (χ0n) is 14.8. The number of rotatable bonds is 5. The second-order valence-electron chi connectivity index (χ2n) is 5.82. The van der Waals surface area contributed by atoms with Crippen LogP contribution in [0.2, 0.25) is 0 Å². The van der Waals surface area contributed by atoms with Crippen LogP contribution in [-0.2, 0) is 0 Å². The molecule has 0 unspecified atom stereocenters. The van der Waals surface area contributed by atoms with Crippen LogP contribution in [0.15, 0.2) is 65.4 Å². The van der Waals surface area contributed by atoms with Gasteiger partial charge in [0.05, 0.1) is 19.9 Å². The van der Waals surface area contributed by atoms with Gasteiger partial charge in [-0.15, -0.1) is 0 Å². The van der Waals surface area contributed by atoms with Crippen molar-refractivity contribution in [2.45, 2.75) is 0 Å². The molecule has 0 aliphatic carbocycles. The maximum Gasteiger partial charge on any atom is 0.213 e. The maximum absolute atomic E-state index is 5.41. The van der Waals surface area contributed by atoms with Crippen molar-refractivity contribution >= 4 is 33.2 Å². The summed E-state index contributed by atoms with van der Waals surface area (Å²) in [5.41, 5.74) is 3.44. The number of imidazole rings is 1. The minimum absolute atomic E-state index is 0.655. The van der Waals surface area contributed by atoms with Gasteiger partial charge in [0.1, 0.15) is 5.65 Å². The fraction of sp³-hybridized carbons (Fsp3) is 0.100. The molecule has 0 atom stereocenters. The van der Waals surface area contributed by atoms with Crippen LogP contribution in [-0.4, -0.2) is 28.6 Å². The van der Waals surface area contributed by atoms with Gasteiger partial charge in [0.2, 0.25) is 5.95 Å². The molecule has 0 saturated carbocycles. The Bertz CT molecular complexity index is 1090. The summed E-state index contributed by atoms with van der Waals surface area (Å²) in [6.45, 7) is 0. The van der Waals surface area contributed by atoms with Gasteiger partial charge in [-0.1, -0.05) is 15.9 Å². The lowest BCUT2D eigenvalue weighted by atomic mass is 10.1. The minimum Gasteiger partial charge on any atom is -0.493 e. The second kappa shape index (κ2) is 7.28. The second-order valence-corrected chi connectivity index (χ2v) is 6.74. The molecule has 0 aliphatic rings. The predicted octanol–water partition coefficient (Wildman–Crippen LogP) is 4.92. The molecule has 2 heterocycles. The number of benzene rings is 2. The Labute approximate surface area is 164 Å². The highest BCUT2D eigenvalue weighted by Gasteiger charge is 2.11. The summed E-state index contributed by atoms with van der Waals surface area (Å²) in [6.07, 6.45) is 3.63. The summed E-state index contributed by atoms with van der Waals surface area (Å²) < 4.78 is 13.7. The first-order valence-electron chi connectivity index (χ1n) is 8.27. The molecule has 4 aromatic rings. The van der Waals surface area contributed by atoms with Crippen LogP contribution in [0.5, 0.6) is 11.5 Å².